The zero-order chi connectivity index (χ0) is 15.5. The van der Waals surface area contributed by atoms with Gasteiger partial charge in [0.25, 0.3) is 0 Å². The monoisotopic (exact) mass is 359 g/mol. The maximum absolute atomic E-state index is 5.34. The van der Waals surface area contributed by atoms with Crippen molar-refractivity contribution in [1.29, 1.82) is 0 Å². The molecule has 22 heavy (non-hydrogen) atoms. The predicted octanol–water partition coefficient (Wildman–Crippen LogP) is 4.28. The fourth-order valence-electron chi connectivity index (χ4n) is 1.98. The standard InChI is InChI=1S/C16H14BrN3O2/c1-20(13-7-5-12(17)6-8-13)16-18-15(19-22-16)11-3-9-14(21-2)10-4-11/h3-10H,1-2H3. The highest BCUT2D eigenvalue weighted by atomic mass is 79.9. The molecule has 0 bridgehead atoms. The van der Waals surface area contributed by atoms with Crippen LogP contribution in [-0.4, -0.2) is 24.3 Å². The molecule has 0 unspecified atom stereocenters. The van der Waals surface area contributed by atoms with E-state index in [4.69, 9.17) is 9.26 Å². The first-order valence-electron chi connectivity index (χ1n) is 6.65. The molecule has 2 aromatic carbocycles. The highest BCUT2D eigenvalue weighted by molar-refractivity contribution is 9.10. The van der Waals surface area contributed by atoms with E-state index in [1.54, 1.807) is 7.11 Å². The van der Waals surface area contributed by atoms with Crippen LogP contribution in [0.2, 0.25) is 0 Å². The van der Waals surface area contributed by atoms with Gasteiger partial charge in [0.1, 0.15) is 5.75 Å². The molecule has 3 aromatic rings. The van der Waals surface area contributed by atoms with Crippen LogP contribution < -0.4 is 9.64 Å². The minimum atomic E-state index is 0.438. The highest BCUT2D eigenvalue weighted by Crippen LogP contribution is 2.26. The van der Waals surface area contributed by atoms with Gasteiger partial charge in [-0.25, -0.2) is 0 Å². The number of ether oxygens (including phenoxy) is 1. The van der Waals surface area contributed by atoms with E-state index in [9.17, 15) is 0 Å². The average molecular weight is 360 g/mol. The van der Waals surface area contributed by atoms with Crippen LogP contribution in [0.3, 0.4) is 0 Å². The summed E-state index contributed by atoms with van der Waals surface area (Å²) in [7, 11) is 3.52. The van der Waals surface area contributed by atoms with Crippen molar-refractivity contribution in [3.63, 3.8) is 0 Å². The van der Waals surface area contributed by atoms with Gasteiger partial charge in [-0.1, -0.05) is 21.1 Å². The Bertz CT molecular complexity index is 754. The minimum absolute atomic E-state index is 0.438. The summed E-state index contributed by atoms with van der Waals surface area (Å²) in [6.07, 6.45) is 0. The van der Waals surface area contributed by atoms with E-state index >= 15 is 0 Å². The molecule has 0 saturated heterocycles. The fraction of sp³-hybridized carbons (Fsp3) is 0.125. The first-order valence-corrected chi connectivity index (χ1v) is 7.44. The summed E-state index contributed by atoms with van der Waals surface area (Å²) in [6.45, 7) is 0. The van der Waals surface area contributed by atoms with Gasteiger partial charge in [0.2, 0.25) is 5.82 Å². The number of methoxy groups -OCH3 is 1. The summed E-state index contributed by atoms with van der Waals surface area (Å²) in [5, 5.41) is 4.03. The van der Waals surface area contributed by atoms with Crippen LogP contribution >= 0.6 is 15.9 Å². The maximum Gasteiger partial charge on any atom is 0.328 e. The van der Waals surface area contributed by atoms with Crippen molar-refractivity contribution in [1.82, 2.24) is 10.1 Å². The van der Waals surface area contributed by atoms with Crippen molar-refractivity contribution in [2.75, 3.05) is 19.1 Å². The van der Waals surface area contributed by atoms with Crippen LogP contribution in [0.25, 0.3) is 11.4 Å². The number of benzene rings is 2. The van der Waals surface area contributed by atoms with Crippen LogP contribution in [0.15, 0.2) is 57.5 Å². The number of nitrogens with zero attached hydrogens (tertiary/aromatic N) is 3. The van der Waals surface area contributed by atoms with Crippen LogP contribution in [0.1, 0.15) is 0 Å². The molecule has 1 aromatic heterocycles. The van der Waals surface area contributed by atoms with Gasteiger partial charge in [-0.05, 0) is 48.5 Å². The largest absolute Gasteiger partial charge is 0.497 e. The highest BCUT2D eigenvalue weighted by Gasteiger charge is 2.13. The Labute approximate surface area is 136 Å². The van der Waals surface area contributed by atoms with Gasteiger partial charge in [-0.2, -0.15) is 4.98 Å². The van der Waals surface area contributed by atoms with E-state index < -0.39 is 0 Å². The van der Waals surface area contributed by atoms with Crippen molar-refractivity contribution in [3.8, 4) is 17.1 Å². The van der Waals surface area contributed by atoms with Crippen molar-refractivity contribution in [3.05, 3.63) is 53.0 Å². The quantitative estimate of drug-likeness (QED) is 0.695. The van der Waals surface area contributed by atoms with E-state index in [-0.39, 0.29) is 0 Å². The molecule has 3 rings (SSSR count). The molecule has 0 N–H and O–H groups in total. The van der Waals surface area contributed by atoms with E-state index in [0.29, 0.717) is 11.8 Å². The van der Waals surface area contributed by atoms with E-state index in [1.807, 2.05) is 60.5 Å². The molecular weight excluding hydrogens is 346 g/mol. The zero-order valence-electron chi connectivity index (χ0n) is 12.2. The lowest BCUT2D eigenvalue weighted by molar-refractivity contribution is 0.414. The molecule has 1 heterocycles. The lowest BCUT2D eigenvalue weighted by atomic mass is 10.2. The Morgan fingerprint density at radius 3 is 2.36 bits per heavy atom. The van der Waals surface area contributed by atoms with Crippen molar-refractivity contribution < 1.29 is 9.26 Å². The normalized spacial score (nSPS) is 10.5. The second kappa shape index (κ2) is 6.19. The predicted molar refractivity (Wildman–Crippen MR) is 88.5 cm³/mol. The maximum atomic E-state index is 5.34. The summed E-state index contributed by atoms with van der Waals surface area (Å²) in [5.74, 6) is 1.33. The second-order valence-electron chi connectivity index (χ2n) is 4.66. The number of halogens is 1. The van der Waals surface area contributed by atoms with E-state index in [0.717, 1.165) is 21.5 Å². The van der Waals surface area contributed by atoms with Crippen molar-refractivity contribution in [2.24, 2.45) is 0 Å². The summed E-state index contributed by atoms with van der Waals surface area (Å²) in [5.41, 5.74) is 1.84. The molecule has 0 spiro atoms. The Balaban J connectivity index is 1.84. The Hall–Kier alpha value is -2.34. The molecule has 0 atom stereocenters. The molecule has 112 valence electrons. The van der Waals surface area contributed by atoms with Gasteiger partial charge in [0.15, 0.2) is 0 Å². The third kappa shape index (κ3) is 2.96. The van der Waals surface area contributed by atoms with E-state index in [2.05, 4.69) is 26.1 Å². The van der Waals surface area contributed by atoms with Crippen molar-refractivity contribution in [2.45, 2.75) is 0 Å². The Morgan fingerprint density at radius 2 is 1.73 bits per heavy atom. The number of hydrogen-bond acceptors (Lipinski definition) is 5. The fourth-order valence-corrected chi connectivity index (χ4v) is 2.25. The van der Waals surface area contributed by atoms with Gasteiger partial charge < -0.3 is 9.26 Å². The second-order valence-corrected chi connectivity index (χ2v) is 5.58. The topological polar surface area (TPSA) is 51.4 Å². The summed E-state index contributed by atoms with van der Waals surface area (Å²) < 4.78 is 11.5. The Morgan fingerprint density at radius 1 is 1.05 bits per heavy atom. The first kappa shape index (κ1) is 14.6. The summed E-state index contributed by atoms with van der Waals surface area (Å²) in [6, 6.07) is 15.8. The van der Waals surface area contributed by atoms with Gasteiger partial charge >= 0.3 is 6.01 Å². The van der Waals surface area contributed by atoms with Crippen LogP contribution in [-0.2, 0) is 0 Å². The van der Waals surface area contributed by atoms with Gasteiger partial charge in [0, 0.05) is 22.8 Å². The van der Waals surface area contributed by atoms with Crippen LogP contribution in [0.4, 0.5) is 11.7 Å². The third-order valence-corrected chi connectivity index (χ3v) is 3.79. The zero-order valence-corrected chi connectivity index (χ0v) is 13.7. The van der Waals surface area contributed by atoms with Crippen LogP contribution in [0.5, 0.6) is 5.75 Å². The SMILES string of the molecule is COc1ccc(-c2noc(N(C)c3ccc(Br)cc3)n2)cc1. The third-order valence-electron chi connectivity index (χ3n) is 3.26. The van der Waals surface area contributed by atoms with Gasteiger partial charge in [-0.3, -0.25) is 4.90 Å². The lowest BCUT2D eigenvalue weighted by Gasteiger charge is -2.13. The van der Waals surface area contributed by atoms with Crippen molar-refractivity contribution >= 4 is 27.6 Å². The molecule has 0 aliphatic rings. The molecule has 0 amide bonds. The van der Waals surface area contributed by atoms with Gasteiger partial charge in [0.05, 0.1) is 7.11 Å². The lowest BCUT2D eigenvalue weighted by Crippen LogP contribution is -2.09. The first-order chi connectivity index (χ1) is 10.7. The molecule has 0 aliphatic heterocycles. The number of aromatic nitrogens is 2. The molecule has 0 radical (unpaired) electrons. The summed E-state index contributed by atoms with van der Waals surface area (Å²) >= 11 is 3.42. The summed E-state index contributed by atoms with van der Waals surface area (Å²) in [4.78, 5) is 6.27. The number of rotatable bonds is 4. The molecule has 5 nitrogen and oxygen atoms in total. The Kier molecular flexibility index (Phi) is 4.11. The number of hydrogen-bond donors (Lipinski definition) is 0. The van der Waals surface area contributed by atoms with Crippen LogP contribution in [0, 0.1) is 0 Å². The molecule has 0 saturated carbocycles. The minimum Gasteiger partial charge on any atom is -0.497 e. The van der Waals surface area contributed by atoms with Gasteiger partial charge in [-0.15, -0.1) is 0 Å². The smallest absolute Gasteiger partial charge is 0.328 e. The molecule has 0 aliphatic carbocycles. The average Bonchev–Trinajstić information content (AvgIpc) is 3.05. The van der Waals surface area contributed by atoms with E-state index in [1.165, 1.54) is 0 Å². The molecule has 0 fully saturated rings. The molecular formula is C16H14BrN3O2. The molecule has 6 heteroatoms. The number of anilines is 2.